The largest absolute Gasteiger partial charge is 0.493 e. The van der Waals surface area contributed by atoms with Crippen LogP contribution in [0.25, 0.3) is 0 Å². The Hall–Kier alpha value is -3.00. The number of carbonyl (C=O) groups is 1. The van der Waals surface area contributed by atoms with Gasteiger partial charge in [-0.05, 0) is 36.8 Å². The van der Waals surface area contributed by atoms with Crippen LogP contribution in [0.4, 0.5) is 5.69 Å². The zero-order chi connectivity index (χ0) is 16.1. The van der Waals surface area contributed by atoms with Crippen molar-refractivity contribution in [2.24, 2.45) is 0 Å². The maximum atomic E-state index is 12.5. The lowest BCUT2D eigenvalue weighted by Gasteiger charge is -2.13. The minimum absolute atomic E-state index is 0.304. The fourth-order valence-electron chi connectivity index (χ4n) is 2.10. The standard InChI is InChI=1S/C17H16N2O3/c1-11-8-15(21-2)16(22-3)9-13(11)17(20)19-14-7-5-4-6-12(14)10-18/h4-9H,1-3H3,(H,19,20). The molecule has 2 rings (SSSR count). The first-order valence-corrected chi connectivity index (χ1v) is 6.63. The maximum absolute atomic E-state index is 12.5. The Morgan fingerprint density at radius 2 is 1.77 bits per heavy atom. The maximum Gasteiger partial charge on any atom is 0.256 e. The van der Waals surface area contributed by atoms with Crippen LogP contribution in [0.15, 0.2) is 36.4 Å². The van der Waals surface area contributed by atoms with Crippen LogP contribution in [0.2, 0.25) is 0 Å². The minimum Gasteiger partial charge on any atom is -0.493 e. The van der Waals surface area contributed by atoms with Gasteiger partial charge in [0, 0.05) is 5.56 Å². The third kappa shape index (κ3) is 3.01. The summed E-state index contributed by atoms with van der Waals surface area (Å²) in [6, 6.07) is 12.3. The highest BCUT2D eigenvalue weighted by Crippen LogP contribution is 2.30. The van der Waals surface area contributed by atoms with E-state index >= 15 is 0 Å². The average Bonchev–Trinajstić information content (AvgIpc) is 2.54. The Morgan fingerprint density at radius 1 is 1.14 bits per heavy atom. The third-order valence-electron chi connectivity index (χ3n) is 3.27. The summed E-state index contributed by atoms with van der Waals surface area (Å²) in [6.07, 6.45) is 0. The first-order valence-electron chi connectivity index (χ1n) is 6.63. The third-order valence-corrected chi connectivity index (χ3v) is 3.27. The van der Waals surface area contributed by atoms with Crippen LogP contribution >= 0.6 is 0 Å². The number of nitrogens with one attached hydrogen (secondary N) is 1. The molecule has 0 saturated carbocycles. The number of methoxy groups -OCH3 is 2. The number of rotatable bonds is 4. The quantitative estimate of drug-likeness (QED) is 0.941. The first-order chi connectivity index (χ1) is 10.6. The molecule has 0 atom stereocenters. The zero-order valence-electron chi connectivity index (χ0n) is 12.6. The lowest BCUT2D eigenvalue weighted by Crippen LogP contribution is -2.14. The molecule has 0 fully saturated rings. The van der Waals surface area contributed by atoms with Crippen molar-refractivity contribution in [3.05, 3.63) is 53.1 Å². The van der Waals surface area contributed by atoms with Gasteiger partial charge in [-0.1, -0.05) is 12.1 Å². The van der Waals surface area contributed by atoms with Crippen LogP contribution in [0, 0.1) is 18.3 Å². The fourth-order valence-corrected chi connectivity index (χ4v) is 2.10. The highest BCUT2D eigenvalue weighted by molar-refractivity contribution is 6.06. The van der Waals surface area contributed by atoms with E-state index in [1.54, 1.807) is 43.5 Å². The molecular weight excluding hydrogens is 280 g/mol. The highest BCUT2D eigenvalue weighted by atomic mass is 16.5. The van der Waals surface area contributed by atoms with E-state index in [4.69, 9.17) is 14.7 Å². The van der Waals surface area contributed by atoms with Crippen LogP contribution in [0.1, 0.15) is 21.5 Å². The number of anilines is 1. The molecule has 0 bridgehead atoms. The summed E-state index contributed by atoms with van der Waals surface area (Å²) >= 11 is 0. The molecule has 1 N–H and O–H groups in total. The smallest absolute Gasteiger partial charge is 0.256 e. The van der Waals surface area contributed by atoms with Gasteiger partial charge in [0.25, 0.3) is 5.91 Å². The molecule has 0 aliphatic carbocycles. The van der Waals surface area contributed by atoms with E-state index in [1.165, 1.54) is 7.11 Å². The molecule has 0 radical (unpaired) electrons. The molecule has 0 aliphatic rings. The molecule has 2 aromatic carbocycles. The van der Waals surface area contributed by atoms with Crippen molar-refractivity contribution in [3.63, 3.8) is 0 Å². The number of para-hydroxylation sites is 1. The second kappa shape index (κ2) is 6.64. The molecule has 0 aromatic heterocycles. The molecule has 0 aliphatic heterocycles. The predicted octanol–water partition coefficient (Wildman–Crippen LogP) is 3.14. The lowest BCUT2D eigenvalue weighted by atomic mass is 10.1. The molecule has 0 spiro atoms. The van der Waals surface area contributed by atoms with E-state index < -0.39 is 0 Å². The van der Waals surface area contributed by atoms with Gasteiger partial charge in [-0.2, -0.15) is 5.26 Å². The summed E-state index contributed by atoms with van der Waals surface area (Å²) in [5.41, 5.74) is 2.10. The van der Waals surface area contributed by atoms with Crippen molar-refractivity contribution in [2.45, 2.75) is 6.92 Å². The Morgan fingerprint density at radius 3 is 2.41 bits per heavy atom. The van der Waals surface area contributed by atoms with Gasteiger partial charge < -0.3 is 14.8 Å². The molecule has 0 unspecified atom stereocenters. The van der Waals surface area contributed by atoms with E-state index in [1.807, 2.05) is 13.0 Å². The van der Waals surface area contributed by atoms with Crippen molar-refractivity contribution in [1.29, 1.82) is 5.26 Å². The Bertz CT molecular complexity index is 748. The molecule has 112 valence electrons. The van der Waals surface area contributed by atoms with Crippen molar-refractivity contribution in [3.8, 4) is 17.6 Å². The summed E-state index contributed by atoms with van der Waals surface area (Å²) in [5.74, 6) is 0.738. The van der Waals surface area contributed by atoms with E-state index in [9.17, 15) is 4.79 Å². The molecule has 5 nitrogen and oxygen atoms in total. The van der Waals surface area contributed by atoms with Crippen molar-refractivity contribution in [2.75, 3.05) is 19.5 Å². The Labute approximate surface area is 129 Å². The summed E-state index contributed by atoms with van der Waals surface area (Å²) in [6.45, 7) is 1.81. The van der Waals surface area contributed by atoms with Crippen LogP contribution in [-0.2, 0) is 0 Å². The second-order valence-corrected chi connectivity index (χ2v) is 4.63. The predicted molar refractivity (Wildman–Crippen MR) is 83.4 cm³/mol. The topological polar surface area (TPSA) is 71.3 Å². The second-order valence-electron chi connectivity index (χ2n) is 4.63. The number of carbonyl (C=O) groups excluding carboxylic acids is 1. The van der Waals surface area contributed by atoms with Gasteiger partial charge in [-0.25, -0.2) is 0 Å². The van der Waals surface area contributed by atoms with Gasteiger partial charge in [0.1, 0.15) is 6.07 Å². The van der Waals surface area contributed by atoms with Gasteiger partial charge in [-0.15, -0.1) is 0 Å². The number of benzene rings is 2. The van der Waals surface area contributed by atoms with Gasteiger partial charge in [0.15, 0.2) is 11.5 Å². The molecular formula is C17H16N2O3. The molecule has 2 aromatic rings. The number of nitrogens with zero attached hydrogens (tertiary/aromatic N) is 1. The number of nitriles is 1. The molecule has 0 saturated heterocycles. The normalized spacial score (nSPS) is 9.73. The number of ether oxygens (including phenoxy) is 2. The SMILES string of the molecule is COc1cc(C)c(C(=O)Nc2ccccc2C#N)cc1OC. The minimum atomic E-state index is -0.304. The van der Waals surface area contributed by atoms with Gasteiger partial charge in [0.05, 0.1) is 25.5 Å². The number of aryl methyl sites for hydroxylation is 1. The van der Waals surface area contributed by atoms with Gasteiger partial charge in [-0.3, -0.25) is 4.79 Å². The highest BCUT2D eigenvalue weighted by Gasteiger charge is 2.15. The van der Waals surface area contributed by atoms with Crippen molar-refractivity contribution in [1.82, 2.24) is 0 Å². The van der Waals surface area contributed by atoms with E-state index in [0.717, 1.165) is 5.56 Å². The molecule has 22 heavy (non-hydrogen) atoms. The molecule has 0 heterocycles. The summed E-state index contributed by atoms with van der Waals surface area (Å²) in [5, 5.41) is 11.8. The van der Waals surface area contributed by atoms with E-state index in [2.05, 4.69) is 5.32 Å². The van der Waals surface area contributed by atoms with Crippen LogP contribution in [0.3, 0.4) is 0 Å². The first kappa shape index (κ1) is 15.4. The summed E-state index contributed by atoms with van der Waals surface area (Å²) in [4.78, 5) is 12.5. The van der Waals surface area contributed by atoms with Crippen LogP contribution < -0.4 is 14.8 Å². The zero-order valence-corrected chi connectivity index (χ0v) is 12.6. The van der Waals surface area contributed by atoms with Gasteiger partial charge in [0.2, 0.25) is 0 Å². The van der Waals surface area contributed by atoms with Crippen LogP contribution in [-0.4, -0.2) is 20.1 Å². The average molecular weight is 296 g/mol. The Balaban J connectivity index is 2.36. The monoisotopic (exact) mass is 296 g/mol. The van der Waals surface area contributed by atoms with E-state index in [0.29, 0.717) is 28.3 Å². The fraction of sp³-hybridized carbons (Fsp3) is 0.176. The van der Waals surface area contributed by atoms with Crippen molar-refractivity contribution >= 4 is 11.6 Å². The summed E-state index contributed by atoms with van der Waals surface area (Å²) in [7, 11) is 3.06. The van der Waals surface area contributed by atoms with Gasteiger partial charge >= 0.3 is 0 Å². The molecule has 5 heteroatoms. The summed E-state index contributed by atoms with van der Waals surface area (Å²) < 4.78 is 10.4. The van der Waals surface area contributed by atoms with Crippen molar-refractivity contribution < 1.29 is 14.3 Å². The number of hydrogen-bond donors (Lipinski definition) is 1. The van der Waals surface area contributed by atoms with E-state index in [-0.39, 0.29) is 5.91 Å². The Kier molecular flexibility index (Phi) is 4.64. The lowest BCUT2D eigenvalue weighted by molar-refractivity contribution is 0.102. The van der Waals surface area contributed by atoms with Crippen LogP contribution in [0.5, 0.6) is 11.5 Å². The number of hydrogen-bond acceptors (Lipinski definition) is 4. The molecule has 1 amide bonds. The number of amides is 1.